The van der Waals surface area contributed by atoms with E-state index in [0.717, 1.165) is 5.56 Å². The summed E-state index contributed by atoms with van der Waals surface area (Å²) in [4.78, 5) is 22.7. The van der Waals surface area contributed by atoms with E-state index in [-0.39, 0.29) is 5.70 Å². The molecule has 1 fully saturated rings. The van der Waals surface area contributed by atoms with Crippen LogP contribution in [-0.4, -0.2) is 11.9 Å². The quantitative estimate of drug-likeness (QED) is 0.597. The van der Waals surface area contributed by atoms with E-state index in [2.05, 4.69) is 26.6 Å². The highest BCUT2D eigenvalue weighted by Gasteiger charge is 2.23. The number of nitrogens with one attached hydrogen (secondary N) is 2. The molecule has 0 spiro atoms. The van der Waals surface area contributed by atoms with Crippen molar-refractivity contribution in [1.82, 2.24) is 10.6 Å². The van der Waals surface area contributed by atoms with Crippen molar-refractivity contribution in [2.24, 2.45) is 0 Å². The number of hydrogen-bond donors (Lipinski definition) is 2. The number of benzene rings is 2. The third-order valence-electron chi connectivity index (χ3n) is 3.28. The number of carbonyl (C=O) groups is 2. The van der Waals surface area contributed by atoms with Gasteiger partial charge in [0.2, 0.25) is 0 Å². The van der Waals surface area contributed by atoms with E-state index in [1.165, 1.54) is 6.08 Å². The molecule has 0 radical (unpaired) electrons. The molecule has 2 aromatic carbocycles. The fraction of sp³-hybridized carbons (Fsp3) is 0.0588. The number of imide groups is 1. The number of urea groups is 1. The number of hydrogen-bond acceptors (Lipinski definition) is 3. The van der Waals surface area contributed by atoms with Crippen molar-refractivity contribution in [3.8, 4) is 5.75 Å². The van der Waals surface area contributed by atoms with E-state index in [1.54, 1.807) is 12.1 Å². The molecule has 7 heteroatoms. The number of carbonyl (C=O) groups excluding carboxylic acids is 2. The first-order chi connectivity index (χ1) is 11.5. The first kappa shape index (κ1) is 16.5. The lowest BCUT2D eigenvalue weighted by Gasteiger charge is -2.11. The molecule has 3 amide bonds. The maximum absolute atomic E-state index is 11.6. The van der Waals surface area contributed by atoms with Gasteiger partial charge in [0.1, 0.15) is 12.3 Å². The van der Waals surface area contributed by atoms with Gasteiger partial charge in [0.05, 0.1) is 9.50 Å². The lowest BCUT2D eigenvalue weighted by atomic mass is 10.2. The van der Waals surface area contributed by atoms with Crippen LogP contribution in [0.3, 0.4) is 0 Å². The molecule has 24 heavy (non-hydrogen) atoms. The molecule has 2 N–H and O–H groups in total. The lowest BCUT2D eigenvalue weighted by molar-refractivity contribution is -0.115. The van der Waals surface area contributed by atoms with Gasteiger partial charge in [0.25, 0.3) is 5.91 Å². The van der Waals surface area contributed by atoms with Crippen LogP contribution >= 0.6 is 27.5 Å². The van der Waals surface area contributed by atoms with E-state index in [0.29, 0.717) is 27.4 Å². The fourth-order valence-corrected chi connectivity index (χ4v) is 3.17. The van der Waals surface area contributed by atoms with Crippen molar-refractivity contribution in [3.63, 3.8) is 0 Å². The second kappa shape index (κ2) is 7.07. The minimum absolute atomic E-state index is 0.168. The van der Waals surface area contributed by atoms with Crippen LogP contribution in [0.2, 0.25) is 5.02 Å². The van der Waals surface area contributed by atoms with Gasteiger partial charge < -0.3 is 10.1 Å². The number of amides is 3. The monoisotopic (exact) mass is 406 g/mol. The van der Waals surface area contributed by atoms with Crippen LogP contribution in [0.5, 0.6) is 5.75 Å². The van der Waals surface area contributed by atoms with E-state index >= 15 is 0 Å². The van der Waals surface area contributed by atoms with Crippen LogP contribution in [-0.2, 0) is 11.4 Å². The summed E-state index contributed by atoms with van der Waals surface area (Å²) in [7, 11) is 0. The Morgan fingerprint density at radius 2 is 1.88 bits per heavy atom. The molecule has 0 aliphatic carbocycles. The third kappa shape index (κ3) is 3.77. The zero-order chi connectivity index (χ0) is 17.1. The maximum atomic E-state index is 11.6. The molecule has 0 saturated carbocycles. The fourth-order valence-electron chi connectivity index (χ4n) is 2.18. The van der Waals surface area contributed by atoms with E-state index in [4.69, 9.17) is 16.3 Å². The van der Waals surface area contributed by atoms with Crippen LogP contribution in [0.25, 0.3) is 6.08 Å². The second-order valence-corrected chi connectivity index (χ2v) is 6.32. The van der Waals surface area contributed by atoms with Crippen LogP contribution < -0.4 is 15.4 Å². The Hall–Kier alpha value is -2.31. The van der Waals surface area contributed by atoms with Gasteiger partial charge in [0, 0.05) is 0 Å². The summed E-state index contributed by atoms with van der Waals surface area (Å²) in [5, 5.41) is 4.96. The summed E-state index contributed by atoms with van der Waals surface area (Å²) in [5.74, 6) is 0.0410. The first-order valence-electron chi connectivity index (χ1n) is 7.03. The van der Waals surface area contributed by atoms with Crippen LogP contribution in [0.4, 0.5) is 4.79 Å². The summed E-state index contributed by atoms with van der Waals surface area (Å²) in [5.41, 5.74) is 1.85. The van der Waals surface area contributed by atoms with Gasteiger partial charge in [-0.15, -0.1) is 0 Å². The summed E-state index contributed by atoms with van der Waals surface area (Å²) in [6.45, 7) is 0.387. The molecule has 0 aromatic heterocycles. The summed E-state index contributed by atoms with van der Waals surface area (Å²) in [6, 6.07) is 12.6. The molecule has 0 atom stereocenters. The van der Waals surface area contributed by atoms with Crippen LogP contribution in [0, 0.1) is 0 Å². The molecule has 0 bridgehead atoms. The standard InChI is InChI=1S/C17H12BrClN2O3/c18-12-6-11(8-14-16(22)21-17(23)20-14)7-13(19)15(12)24-9-10-4-2-1-3-5-10/h1-8H,9H2,(H2,20,21,22,23)/b14-8+. The van der Waals surface area contributed by atoms with Crippen molar-refractivity contribution < 1.29 is 14.3 Å². The normalized spacial score (nSPS) is 15.3. The number of rotatable bonds is 4. The molecule has 1 aliphatic heterocycles. The summed E-state index contributed by atoms with van der Waals surface area (Å²) >= 11 is 9.70. The van der Waals surface area contributed by atoms with Crippen molar-refractivity contribution in [3.05, 3.63) is 68.8 Å². The molecular weight excluding hydrogens is 396 g/mol. The zero-order valence-corrected chi connectivity index (χ0v) is 14.6. The van der Waals surface area contributed by atoms with Crippen LogP contribution in [0.15, 0.2) is 52.6 Å². The predicted molar refractivity (Wildman–Crippen MR) is 94.6 cm³/mol. The van der Waals surface area contributed by atoms with Gasteiger partial charge in [-0.2, -0.15) is 0 Å². The van der Waals surface area contributed by atoms with E-state index < -0.39 is 11.9 Å². The van der Waals surface area contributed by atoms with Gasteiger partial charge >= 0.3 is 6.03 Å². The third-order valence-corrected chi connectivity index (χ3v) is 4.15. The maximum Gasteiger partial charge on any atom is 0.326 e. The van der Waals surface area contributed by atoms with Crippen molar-refractivity contribution in [2.75, 3.05) is 0 Å². The summed E-state index contributed by atoms with van der Waals surface area (Å²) < 4.78 is 6.42. The molecule has 3 rings (SSSR count). The lowest BCUT2D eigenvalue weighted by Crippen LogP contribution is -2.22. The Kier molecular flexibility index (Phi) is 4.87. The van der Waals surface area contributed by atoms with Gasteiger partial charge in [-0.25, -0.2) is 4.79 Å². The highest BCUT2D eigenvalue weighted by atomic mass is 79.9. The smallest absolute Gasteiger partial charge is 0.326 e. The van der Waals surface area contributed by atoms with Gasteiger partial charge in [-0.05, 0) is 45.3 Å². The van der Waals surface area contributed by atoms with Crippen molar-refractivity contribution >= 4 is 45.5 Å². The Bertz CT molecular complexity index is 814. The summed E-state index contributed by atoms with van der Waals surface area (Å²) in [6.07, 6.45) is 1.54. The molecule has 122 valence electrons. The Labute approximate surface area is 151 Å². The molecule has 1 heterocycles. The highest BCUT2D eigenvalue weighted by Crippen LogP contribution is 2.35. The average molecular weight is 408 g/mol. The number of halogens is 2. The Morgan fingerprint density at radius 1 is 1.12 bits per heavy atom. The minimum atomic E-state index is -0.542. The van der Waals surface area contributed by atoms with Gasteiger partial charge in [0.15, 0.2) is 5.75 Å². The molecule has 5 nitrogen and oxygen atoms in total. The van der Waals surface area contributed by atoms with Gasteiger partial charge in [-0.1, -0.05) is 41.9 Å². The Morgan fingerprint density at radius 3 is 2.50 bits per heavy atom. The SMILES string of the molecule is O=C1NC(=O)/C(=C\c2cc(Cl)c(OCc3ccccc3)c(Br)c2)N1. The molecular formula is C17H12BrClN2O3. The van der Waals surface area contributed by atoms with Gasteiger partial charge in [-0.3, -0.25) is 10.1 Å². The first-order valence-corrected chi connectivity index (χ1v) is 8.20. The van der Waals surface area contributed by atoms with E-state index in [9.17, 15) is 9.59 Å². The minimum Gasteiger partial charge on any atom is -0.486 e. The Balaban J connectivity index is 1.80. The van der Waals surface area contributed by atoms with Crippen LogP contribution in [0.1, 0.15) is 11.1 Å². The molecule has 2 aromatic rings. The number of ether oxygens (including phenoxy) is 1. The molecule has 1 saturated heterocycles. The molecule has 1 aliphatic rings. The highest BCUT2D eigenvalue weighted by molar-refractivity contribution is 9.10. The zero-order valence-electron chi connectivity index (χ0n) is 12.3. The topological polar surface area (TPSA) is 67.4 Å². The second-order valence-electron chi connectivity index (χ2n) is 5.05. The predicted octanol–water partition coefficient (Wildman–Crippen LogP) is 3.86. The average Bonchev–Trinajstić information content (AvgIpc) is 2.85. The van der Waals surface area contributed by atoms with Crippen molar-refractivity contribution in [1.29, 1.82) is 0 Å². The largest absolute Gasteiger partial charge is 0.486 e. The van der Waals surface area contributed by atoms with Crippen molar-refractivity contribution in [2.45, 2.75) is 6.61 Å². The van der Waals surface area contributed by atoms with E-state index in [1.807, 2.05) is 30.3 Å². The molecule has 0 unspecified atom stereocenters.